The Morgan fingerprint density at radius 1 is 1.29 bits per heavy atom. The molecule has 2 aromatic rings. The Balaban J connectivity index is 1.90. The molecule has 0 fully saturated rings. The molecule has 0 spiro atoms. The van der Waals surface area contributed by atoms with E-state index in [0.29, 0.717) is 13.1 Å². The smallest absolute Gasteiger partial charge is 0.191 e. The van der Waals surface area contributed by atoms with E-state index in [-0.39, 0.29) is 5.60 Å². The molecule has 0 atom stereocenters. The molecule has 2 N–H and O–H groups in total. The van der Waals surface area contributed by atoms with E-state index in [9.17, 15) is 0 Å². The number of hydrogen-bond donors (Lipinski definition) is 2. The lowest BCUT2D eigenvalue weighted by molar-refractivity contribution is 0.0268. The molecule has 2 heterocycles. The standard InChI is InChI=1S/C17H26N6O/c1-13-19-8-9-23(13)15-7-6-14(10-20-15)11-21-16(18-4)22-12-17(2,3)24-5/h6-10H,11-12H2,1-5H3,(H2,18,21,22). The van der Waals surface area contributed by atoms with E-state index in [4.69, 9.17) is 4.74 Å². The number of rotatable bonds is 6. The number of guanidine groups is 1. The van der Waals surface area contributed by atoms with Gasteiger partial charge in [0.2, 0.25) is 0 Å². The van der Waals surface area contributed by atoms with Crippen molar-refractivity contribution in [1.82, 2.24) is 25.2 Å². The van der Waals surface area contributed by atoms with Gasteiger partial charge in [0.15, 0.2) is 5.96 Å². The minimum absolute atomic E-state index is 0.247. The van der Waals surface area contributed by atoms with Crippen LogP contribution in [0.4, 0.5) is 0 Å². The molecule has 0 bridgehead atoms. The first kappa shape index (κ1) is 17.9. The van der Waals surface area contributed by atoms with Gasteiger partial charge in [-0.25, -0.2) is 9.97 Å². The van der Waals surface area contributed by atoms with E-state index in [2.05, 4.69) is 25.6 Å². The van der Waals surface area contributed by atoms with Crippen molar-refractivity contribution in [3.8, 4) is 5.82 Å². The van der Waals surface area contributed by atoms with Crippen LogP contribution in [0, 0.1) is 6.92 Å². The molecule has 2 rings (SSSR count). The number of aromatic nitrogens is 3. The zero-order valence-electron chi connectivity index (χ0n) is 15.0. The van der Waals surface area contributed by atoms with Crippen molar-refractivity contribution >= 4 is 5.96 Å². The quantitative estimate of drug-likeness (QED) is 0.622. The van der Waals surface area contributed by atoms with Crippen LogP contribution in [0.25, 0.3) is 5.82 Å². The van der Waals surface area contributed by atoms with Crippen molar-refractivity contribution in [2.24, 2.45) is 4.99 Å². The van der Waals surface area contributed by atoms with Gasteiger partial charge in [-0.3, -0.25) is 9.56 Å². The fourth-order valence-electron chi connectivity index (χ4n) is 2.06. The van der Waals surface area contributed by atoms with Gasteiger partial charge in [-0.15, -0.1) is 0 Å². The van der Waals surface area contributed by atoms with Gasteiger partial charge in [0.05, 0.1) is 5.60 Å². The first-order valence-corrected chi connectivity index (χ1v) is 7.90. The molecule has 0 aliphatic heterocycles. The van der Waals surface area contributed by atoms with E-state index < -0.39 is 0 Å². The van der Waals surface area contributed by atoms with Crippen LogP contribution >= 0.6 is 0 Å². The summed E-state index contributed by atoms with van der Waals surface area (Å²) in [7, 11) is 3.45. The van der Waals surface area contributed by atoms with Crippen molar-refractivity contribution in [1.29, 1.82) is 0 Å². The Labute approximate surface area is 143 Å². The average Bonchev–Trinajstić information content (AvgIpc) is 3.01. The molecule has 0 aliphatic rings. The molecular formula is C17H26N6O. The molecule has 7 nitrogen and oxygen atoms in total. The van der Waals surface area contributed by atoms with Crippen LogP contribution in [0.2, 0.25) is 0 Å². The maximum absolute atomic E-state index is 5.39. The third kappa shape index (κ3) is 4.79. The van der Waals surface area contributed by atoms with Crippen molar-refractivity contribution in [3.05, 3.63) is 42.1 Å². The van der Waals surface area contributed by atoms with Crippen LogP contribution in [0.15, 0.2) is 35.7 Å². The molecule has 0 aromatic carbocycles. The summed E-state index contributed by atoms with van der Waals surface area (Å²) in [6.07, 6.45) is 5.52. The summed E-state index contributed by atoms with van der Waals surface area (Å²) in [6.45, 7) is 7.31. The lowest BCUT2D eigenvalue weighted by Gasteiger charge is -2.24. The number of methoxy groups -OCH3 is 1. The van der Waals surface area contributed by atoms with E-state index in [1.165, 1.54) is 0 Å². The number of ether oxygens (including phenoxy) is 1. The average molecular weight is 330 g/mol. The summed E-state index contributed by atoms with van der Waals surface area (Å²) < 4.78 is 7.34. The van der Waals surface area contributed by atoms with E-state index in [1.807, 2.05) is 49.9 Å². The normalized spacial score (nSPS) is 12.3. The second-order valence-electron chi connectivity index (χ2n) is 6.11. The summed E-state index contributed by atoms with van der Waals surface area (Å²) >= 11 is 0. The van der Waals surface area contributed by atoms with Gasteiger partial charge in [-0.1, -0.05) is 6.07 Å². The highest BCUT2D eigenvalue weighted by Gasteiger charge is 2.16. The summed E-state index contributed by atoms with van der Waals surface area (Å²) in [5.74, 6) is 2.51. The second kappa shape index (κ2) is 7.92. The van der Waals surface area contributed by atoms with Crippen molar-refractivity contribution in [2.45, 2.75) is 32.9 Å². The molecule has 2 aromatic heterocycles. The number of aliphatic imine (C=N–C) groups is 1. The molecule has 24 heavy (non-hydrogen) atoms. The fourth-order valence-corrected chi connectivity index (χ4v) is 2.06. The zero-order chi connectivity index (χ0) is 17.6. The van der Waals surface area contributed by atoms with Gasteiger partial charge in [-0.05, 0) is 32.4 Å². The molecule has 0 radical (unpaired) electrons. The Hall–Kier alpha value is -2.41. The fraction of sp³-hybridized carbons (Fsp3) is 0.471. The van der Waals surface area contributed by atoms with Crippen LogP contribution in [-0.2, 0) is 11.3 Å². The van der Waals surface area contributed by atoms with Crippen molar-refractivity contribution in [3.63, 3.8) is 0 Å². The van der Waals surface area contributed by atoms with Crippen LogP contribution in [-0.4, -0.2) is 46.8 Å². The Kier molecular flexibility index (Phi) is 5.92. The highest BCUT2D eigenvalue weighted by molar-refractivity contribution is 5.79. The zero-order valence-corrected chi connectivity index (χ0v) is 15.0. The third-order valence-electron chi connectivity index (χ3n) is 3.80. The van der Waals surface area contributed by atoms with Crippen LogP contribution in [0.5, 0.6) is 0 Å². The largest absolute Gasteiger partial charge is 0.377 e. The predicted octanol–water partition coefficient (Wildman–Crippen LogP) is 1.67. The molecular weight excluding hydrogens is 304 g/mol. The van der Waals surface area contributed by atoms with Crippen LogP contribution in [0.1, 0.15) is 25.2 Å². The number of pyridine rings is 1. The maximum Gasteiger partial charge on any atom is 0.191 e. The van der Waals surface area contributed by atoms with Crippen molar-refractivity contribution < 1.29 is 4.74 Å². The lowest BCUT2D eigenvalue weighted by Crippen LogP contribution is -2.45. The number of nitrogens with zero attached hydrogens (tertiary/aromatic N) is 4. The maximum atomic E-state index is 5.39. The summed E-state index contributed by atoms with van der Waals surface area (Å²) in [6, 6.07) is 4.02. The summed E-state index contributed by atoms with van der Waals surface area (Å²) in [5.41, 5.74) is 0.828. The highest BCUT2D eigenvalue weighted by atomic mass is 16.5. The monoisotopic (exact) mass is 330 g/mol. The van der Waals surface area contributed by atoms with Gasteiger partial charge in [0.25, 0.3) is 0 Å². The highest BCUT2D eigenvalue weighted by Crippen LogP contribution is 2.08. The molecule has 0 amide bonds. The van der Waals surface area contributed by atoms with Crippen LogP contribution in [0.3, 0.4) is 0 Å². The number of hydrogen-bond acceptors (Lipinski definition) is 4. The van der Waals surface area contributed by atoms with Gasteiger partial charge in [0.1, 0.15) is 11.6 Å². The van der Waals surface area contributed by atoms with Gasteiger partial charge >= 0.3 is 0 Å². The van der Waals surface area contributed by atoms with Gasteiger partial charge in [-0.2, -0.15) is 0 Å². The van der Waals surface area contributed by atoms with E-state index >= 15 is 0 Å². The molecule has 0 aliphatic carbocycles. The Bertz CT molecular complexity index is 675. The third-order valence-corrected chi connectivity index (χ3v) is 3.80. The first-order chi connectivity index (χ1) is 11.4. The molecule has 130 valence electrons. The number of aryl methyl sites for hydroxylation is 1. The first-order valence-electron chi connectivity index (χ1n) is 7.90. The minimum atomic E-state index is -0.247. The van der Waals surface area contributed by atoms with Gasteiger partial charge in [0, 0.05) is 45.8 Å². The molecule has 7 heteroatoms. The Morgan fingerprint density at radius 3 is 2.62 bits per heavy atom. The van der Waals surface area contributed by atoms with E-state index in [0.717, 1.165) is 23.2 Å². The minimum Gasteiger partial charge on any atom is -0.377 e. The summed E-state index contributed by atoms with van der Waals surface area (Å²) in [5, 5.41) is 6.53. The second-order valence-corrected chi connectivity index (χ2v) is 6.11. The summed E-state index contributed by atoms with van der Waals surface area (Å²) in [4.78, 5) is 12.9. The van der Waals surface area contributed by atoms with Crippen LogP contribution < -0.4 is 10.6 Å². The molecule has 0 saturated heterocycles. The predicted molar refractivity (Wildman–Crippen MR) is 95.4 cm³/mol. The molecule has 0 saturated carbocycles. The topological polar surface area (TPSA) is 76.4 Å². The molecule has 0 unspecified atom stereocenters. The van der Waals surface area contributed by atoms with Gasteiger partial charge < -0.3 is 15.4 Å². The number of imidazole rings is 1. The van der Waals surface area contributed by atoms with E-state index in [1.54, 1.807) is 20.4 Å². The van der Waals surface area contributed by atoms with Crippen molar-refractivity contribution in [2.75, 3.05) is 20.7 Å². The Morgan fingerprint density at radius 2 is 2.08 bits per heavy atom. The SMILES string of the molecule is CN=C(NCc1ccc(-n2ccnc2C)nc1)NCC(C)(C)OC. The lowest BCUT2D eigenvalue weighted by atomic mass is 10.1. The number of nitrogens with one attached hydrogen (secondary N) is 2.